The lowest BCUT2D eigenvalue weighted by atomic mass is 9.90. The van der Waals surface area contributed by atoms with E-state index in [4.69, 9.17) is 17.0 Å². The van der Waals surface area contributed by atoms with Crippen molar-refractivity contribution in [3.05, 3.63) is 144 Å². The van der Waals surface area contributed by atoms with E-state index >= 15 is 0 Å². The zero-order chi connectivity index (χ0) is 36.4. The zero-order valence-corrected chi connectivity index (χ0v) is 29.7. The number of thiocarbonyl (C=S) groups is 1. The summed E-state index contributed by atoms with van der Waals surface area (Å²) in [6.07, 6.45) is -0.169. The number of anilines is 1. The zero-order valence-electron chi connectivity index (χ0n) is 28.9. The molecular weight excluding hydrogens is 676 g/mol. The van der Waals surface area contributed by atoms with E-state index in [1.807, 2.05) is 66.5 Å². The van der Waals surface area contributed by atoms with E-state index in [0.717, 1.165) is 33.5 Å². The van der Waals surface area contributed by atoms with Crippen LogP contribution in [0.25, 0.3) is 22.3 Å². The summed E-state index contributed by atoms with van der Waals surface area (Å²) in [5.41, 5.74) is 7.10. The van der Waals surface area contributed by atoms with Gasteiger partial charge in [0, 0.05) is 31.1 Å². The highest BCUT2D eigenvalue weighted by molar-refractivity contribution is 7.80. The first-order valence-corrected chi connectivity index (χ1v) is 18.1. The molecule has 6 unspecified atom stereocenters. The minimum atomic E-state index is -0.793. The highest BCUT2D eigenvalue weighted by Gasteiger charge is 2.44. The van der Waals surface area contributed by atoms with Crippen molar-refractivity contribution < 1.29 is 29.6 Å². The second-order valence-corrected chi connectivity index (χ2v) is 14.1. The highest BCUT2D eigenvalue weighted by atomic mass is 32.1. The average molecular weight is 719 g/mol. The molecule has 6 atom stereocenters. The Hall–Kier alpha value is -4.64. The number of aliphatic hydroxyl groups excluding tert-OH is 3. The molecule has 2 heterocycles. The van der Waals surface area contributed by atoms with Crippen LogP contribution in [0, 0.1) is 5.82 Å². The van der Waals surface area contributed by atoms with Crippen LogP contribution in [-0.2, 0) is 4.74 Å². The summed E-state index contributed by atoms with van der Waals surface area (Å²) in [7, 11) is 1.95. The summed E-state index contributed by atoms with van der Waals surface area (Å²) in [5, 5.41) is 43.3. The van der Waals surface area contributed by atoms with Crippen molar-refractivity contribution in [3.8, 4) is 28.0 Å². The van der Waals surface area contributed by atoms with Gasteiger partial charge in [-0.1, -0.05) is 91.0 Å². The van der Waals surface area contributed by atoms with Crippen LogP contribution < -0.4 is 4.90 Å². The van der Waals surface area contributed by atoms with Crippen LogP contribution in [0.3, 0.4) is 0 Å². The molecule has 7 nitrogen and oxygen atoms in total. The lowest BCUT2D eigenvalue weighted by molar-refractivity contribution is -0.113. The summed E-state index contributed by atoms with van der Waals surface area (Å²) in [5.74, 6) is -0.223. The summed E-state index contributed by atoms with van der Waals surface area (Å²) in [6, 6.07) is 37.4. The third-order valence-electron chi connectivity index (χ3n) is 10.4. The molecule has 52 heavy (non-hydrogen) atoms. The topological polar surface area (TPSA) is 96.6 Å². The van der Waals surface area contributed by atoms with Crippen molar-refractivity contribution in [2.75, 3.05) is 18.6 Å². The summed E-state index contributed by atoms with van der Waals surface area (Å²) in [6.45, 7) is -0.134. The van der Waals surface area contributed by atoms with Gasteiger partial charge in [0.25, 0.3) is 0 Å². The molecule has 0 amide bonds. The molecule has 2 saturated heterocycles. The number of hydrogen-bond acceptors (Lipinski definition) is 6. The Bertz CT molecular complexity index is 1980. The summed E-state index contributed by atoms with van der Waals surface area (Å²) >= 11 is 6.07. The van der Waals surface area contributed by atoms with Crippen LogP contribution in [0.5, 0.6) is 5.75 Å². The maximum Gasteiger partial charge on any atom is 0.176 e. The molecule has 0 aliphatic carbocycles. The van der Waals surface area contributed by atoms with Gasteiger partial charge in [-0.25, -0.2) is 4.39 Å². The molecule has 2 fully saturated rings. The number of benzene rings is 5. The standard InChI is InChI=1S/C43H43FN2O5S/c1-45-38(21-22-39(49)30-11-16-33(44)17-12-30)42(46(43(45)52)34-18-13-28(14-19-34)27-5-3-2-4-6-27)37-20-15-32(23-40(37)50)29-7-9-31(10-8-29)41-25-35(48)24-36(26-47)51-41/h2-20,23,35-36,38-39,41-42,47-50H,21-22,24-26H2,1H3. The first-order chi connectivity index (χ1) is 25.2. The van der Waals surface area contributed by atoms with Gasteiger partial charge >= 0.3 is 0 Å². The van der Waals surface area contributed by atoms with Crippen LogP contribution in [0.4, 0.5) is 10.1 Å². The molecule has 4 N–H and O–H groups in total. The maximum absolute atomic E-state index is 13.6. The molecule has 0 saturated carbocycles. The average Bonchev–Trinajstić information content (AvgIpc) is 3.42. The van der Waals surface area contributed by atoms with E-state index in [9.17, 15) is 24.8 Å². The Morgan fingerprint density at radius 2 is 1.46 bits per heavy atom. The van der Waals surface area contributed by atoms with Crippen molar-refractivity contribution in [3.63, 3.8) is 0 Å². The Kier molecular flexibility index (Phi) is 10.7. The van der Waals surface area contributed by atoms with Crippen molar-refractivity contribution in [2.24, 2.45) is 0 Å². The molecule has 7 rings (SSSR count). The lowest BCUT2D eigenvalue weighted by Gasteiger charge is -2.32. The van der Waals surface area contributed by atoms with Crippen molar-refractivity contribution in [1.29, 1.82) is 0 Å². The molecule has 9 heteroatoms. The number of ether oxygens (including phenoxy) is 1. The van der Waals surface area contributed by atoms with E-state index in [2.05, 4.69) is 41.3 Å². The van der Waals surface area contributed by atoms with Gasteiger partial charge in [0.05, 0.1) is 43.1 Å². The predicted molar refractivity (Wildman–Crippen MR) is 205 cm³/mol. The number of likely N-dealkylation sites (N-methyl/N-ethyl adjacent to an activating group) is 1. The minimum absolute atomic E-state index is 0.129. The molecule has 5 aromatic rings. The van der Waals surface area contributed by atoms with E-state index in [0.29, 0.717) is 41.9 Å². The molecule has 0 aromatic heterocycles. The van der Waals surface area contributed by atoms with Gasteiger partial charge in [0.15, 0.2) is 5.11 Å². The van der Waals surface area contributed by atoms with Crippen LogP contribution in [0.1, 0.15) is 60.6 Å². The Labute approximate surface area is 309 Å². The number of phenolic OH excluding ortho intramolecular Hbond substituents is 1. The van der Waals surface area contributed by atoms with Gasteiger partial charge in [-0.15, -0.1) is 0 Å². The number of aliphatic hydroxyl groups is 3. The molecule has 0 radical (unpaired) electrons. The summed E-state index contributed by atoms with van der Waals surface area (Å²) in [4.78, 5) is 4.13. The van der Waals surface area contributed by atoms with Gasteiger partial charge < -0.3 is 35.0 Å². The molecule has 0 bridgehead atoms. The Morgan fingerprint density at radius 1 is 0.827 bits per heavy atom. The Morgan fingerprint density at radius 3 is 2.13 bits per heavy atom. The third kappa shape index (κ3) is 7.46. The largest absolute Gasteiger partial charge is 0.508 e. The maximum atomic E-state index is 13.6. The van der Waals surface area contributed by atoms with Gasteiger partial charge in [-0.05, 0) is 88.8 Å². The lowest BCUT2D eigenvalue weighted by Crippen LogP contribution is -2.33. The molecule has 0 spiro atoms. The SMILES string of the molecule is CN1C(=S)N(c2ccc(-c3ccccc3)cc2)C(c2ccc(-c3ccc(C4CC(O)CC(CO)O4)cc3)cc2O)C1CCC(O)c1ccc(F)cc1. The van der Waals surface area contributed by atoms with E-state index in [-0.39, 0.29) is 36.4 Å². The van der Waals surface area contributed by atoms with E-state index in [1.165, 1.54) is 12.1 Å². The number of halogens is 1. The smallest absolute Gasteiger partial charge is 0.176 e. The number of rotatable bonds is 10. The molecular formula is C43H43FN2O5S. The first-order valence-electron chi connectivity index (χ1n) is 17.7. The van der Waals surface area contributed by atoms with E-state index in [1.54, 1.807) is 18.2 Å². The predicted octanol–water partition coefficient (Wildman–Crippen LogP) is 8.10. The van der Waals surface area contributed by atoms with Crippen LogP contribution in [0.15, 0.2) is 121 Å². The molecule has 268 valence electrons. The van der Waals surface area contributed by atoms with Gasteiger partial charge in [-0.3, -0.25) is 0 Å². The van der Waals surface area contributed by atoms with Crippen molar-refractivity contribution in [1.82, 2.24) is 4.90 Å². The number of aromatic hydroxyl groups is 1. The van der Waals surface area contributed by atoms with Gasteiger partial charge in [0.1, 0.15) is 11.6 Å². The van der Waals surface area contributed by atoms with Gasteiger partial charge in [0.2, 0.25) is 0 Å². The number of hydrogen-bond donors (Lipinski definition) is 4. The van der Waals surface area contributed by atoms with Crippen molar-refractivity contribution >= 4 is 23.0 Å². The fraction of sp³-hybridized carbons (Fsp3) is 0.279. The normalized spacial score (nSPS) is 22.5. The highest BCUT2D eigenvalue weighted by Crippen LogP contribution is 2.45. The monoisotopic (exact) mass is 718 g/mol. The fourth-order valence-electron chi connectivity index (χ4n) is 7.59. The van der Waals surface area contributed by atoms with E-state index < -0.39 is 18.3 Å². The second-order valence-electron chi connectivity index (χ2n) is 13.8. The third-order valence-corrected chi connectivity index (χ3v) is 10.9. The van der Waals surface area contributed by atoms with Crippen molar-refractivity contribution in [2.45, 2.75) is 62.2 Å². The second kappa shape index (κ2) is 15.5. The van der Waals surface area contributed by atoms with Gasteiger partial charge in [-0.2, -0.15) is 0 Å². The van der Waals surface area contributed by atoms with Crippen LogP contribution in [0.2, 0.25) is 0 Å². The number of phenols is 1. The molecule has 2 aliphatic rings. The minimum Gasteiger partial charge on any atom is -0.508 e. The first kappa shape index (κ1) is 35.7. The van der Waals surface area contributed by atoms with Crippen LogP contribution in [-0.4, -0.2) is 62.3 Å². The molecule has 5 aromatic carbocycles. The molecule has 2 aliphatic heterocycles. The fourth-order valence-corrected chi connectivity index (χ4v) is 7.95. The summed E-state index contributed by atoms with van der Waals surface area (Å²) < 4.78 is 19.6. The Balaban J connectivity index is 1.19. The van der Waals surface area contributed by atoms with Crippen LogP contribution >= 0.6 is 12.2 Å². The quantitative estimate of drug-likeness (QED) is 0.108. The number of nitrogens with zero attached hydrogens (tertiary/aromatic N) is 2.